The lowest BCUT2D eigenvalue weighted by Crippen LogP contribution is -2.27. The first-order valence-corrected chi connectivity index (χ1v) is 7.23. The zero-order valence-electron chi connectivity index (χ0n) is 11.4. The second-order valence-electron chi connectivity index (χ2n) is 5.29. The SMILES string of the molecule is CC(CNCCC1CCCCO1)c1ccccc1. The van der Waals surface area contributed by atoms with Gasteiger partial charge in [0, 0.05) is 13.2 Å². The Labute approximate surface area is 111 Å². The molecule has 1 aromatic rings. The van der Waals surface area contributed by atoms with E-state index in [4.69, 9.17) is 4.74 Å². The van der Waals surface area contributed by atoms with Gasteiger partial charge in [0.1, 0.15) is 0 Å². The van der Waals surface area contributed by atoms with E-state index in [0.29, 0.717) is 12.0 Å². The summed E-state index contributed by atoms with van der Waals surface area (Å²) in [4.78, 5) is 0. The van der Waals surface area contributed by atoms with Gasteiger partial charge >= 0.3 is 0 Å². The molecule has 0 spiro atoms. The molecule has 0 aromatic heterocycles. The Bertz CT molecular complexity index is 319. The Morgan fingerprint density at radius 3 is 2.83 bits per heavy atom. The minimum absolute atomic E-state index is 0.498. The lowest BCUT2D eigenvalue weighted by molar-refractivity contribution is 0.0116. The lowest BCUT2D eigenvalue weighted by atomic mass is 10.0. The van der Waals surface area contributed by atoms with Gasteiger partial charge in [-0.1, -0.05) is 37.3 Å². The van der Waals surface area contributed by atoms with Crippen LogP contribution in [0.15, 0.2) is 30.3 Å². The molecule has 1 aliphatic rings. The van der Waals surface area contributed by atoms with E-state index in [0.717, 1.165) is 26.1 Å². The molecular formula is C16H25NO. The average Bonchev–Trinajstić information content (AvgIpc) is 2.45. The number of ether oxygens (including phenoxy) is 1. The molecule has 1 fully saturated rings. The molecule has 2 atom stereocenters. The summed E-state index contributed by atoms with van der Waals surface area (Å²) in [6.45, 7) is 5.36. The van der Waals surface area contributed by atoms with Gasteiger partial charge in [-0.05, 0) is 43.7 Å². The van der Waals surface area contributed by atoms with E-state index in [1.54, 1.807) is 0 Å². The molecule has 1 aromatic carbocycles. The molecule has 100 valence electrons. The fourth-order valence-corrected chi connectivity index (χ4v) is 2.52. The molecule has 1 heterocycles. The molecule has 1 saturated heterocycles. The molecule has 2 heteroatoms. The van der Waals surface area contributed by atoms with Crippen molar-refractivity contribution in [3.8, 4) is 0 Å². The zero-order valence-corrected chi connectivity index (χ0v) is 11.4. The lowest BCUT2D eigenvalue weighted by Gasteiger charge is -2.23. The van der Waals surface area contributed by atoms with Crippen molar-refractivity contribution in [2.45, 2.75) is 44.6 Å². The fourth-order valence-electron chi connectivity index (χ4n) is 2.52. The summed E-state index contributed by atoms with van der Waals surface area (Å²) in [5.74, 6) is 0.582. The van der Waals surface area contributed by atoms with Gasteiger partial charge in [0.05, 0.1) is 6.10 Å². The highest BCUT2D eigenvalue weighted by molar-refractivity contribution is 5.18. The molecule has 2 nitrogen and oxygen atoms in total. The maximum atomic E-state index is 5.73. The molecule has 2 rings (SSSR count). The summed E-state index contributed by atoms with van der Waals surface area (Å²) in [5.41, 5.74) is 1.42. The molecular weight excluding hydrogens is 222 g/mol. The second kappa shape index (κ2) is 7.55. The molecule has 0 radical (unpaired) electrons. The Hall–Kier alpha value is -0.860. The van der Waals surface area contributed by atoms with Crippen molar-refractivity contribution in [2.75, 3.05) is 19.7 Å². The fraction of sp³-hybridized carbons (Fsp3) is 0.625. The first-order chi connectivity index (χ1) is 8.86. The molecule has 0 bridgehead atoms. The van der Waals surface area contributed by atoms with Crippen molar-refractivity contribution in [1.29, 1.82) is 0 Å². The van der Waals surface area contributed by atoms with Gasteiger partial charge in [0.2, 0.25) is 0 Å². The predicted molar refractivity (Wildman–Crippen MR) is 75.9 cm³/mol. The first kappa shape index (κ1) is 13.6. The van der Waals surface area contributed by atoms with E-state index >= 15 is 0 Å². The topological polar surface area (TPSA) is 21.3 Å². The molecule has 0 saturated carbocycles. The highest BCUT2D eigenvalue weighted by atomic mass is 16.5. The monoisotopic (exact) mass is 247 g/mol. The molecule has 1 aliphatic heterocycles. The van der Waals surface area contributed by atoms with Crippen molar-refractivity contribution >= 4 is 0 Å². The third kappa shape index (κ3) is 4.43. The van der Waals surface area contributed by atoms with Gasteiger partial charge in [0.25, 0.3) is 0 Å². The quantitative estimate of drug-likeness (QED) is 0.778. The van der Waals surface area contributed by atoms with E-state index in [9.17, 15) is 0 Å². The van der Waals surface area contributed by atoms with Crippen molar-refractivity contribution in [3.63, 3.8) is 0 Å². The average molecular weight is 247 g/mol. The first-order valence-electron chi connectivity index (χ1n) is 7.23. The van der Waals surface area contributed by atoms with Crippen LogP contribution in [0.1, 0.15) is 44.1 Å². The number of nitrogens with one attached hydrogen (secondary N) is 1. The van der Waals surface area contributed by atoms with Crippen LogP contribution in [0.2, 0.25) is 0 Å². The van der Waals surface area contributed by atoms with Crippen LogP contribution in [0.4, 0.5) is 0 Å². The number of rotatable bonds is 6. The maximum Gasteiger partial charge on any atom is 0.0587 e. The van der Waals surface area contributed by atoms with Crippen LogP contribution in [0.5, 0.6) is 0 Å². The normalized spacial score (nSPS) is 21.7. The van der Waals surface area contributed by atoms with Crippen LogP contribution >= 0.6 is 0 Å². The van der Waals surface area contributed by atoms with Gasteiger partial charge in [-0.2, -0.15) is 0 Å². The van der Waals surface area contributed by atoms with Gasteiger partial charge in [-0.3, -0.25) is 0 Å². The smallest absolute Gasteiger partial charge is 0.0587 e. The highest BCUT2D eigenvalue weighted by Gasteiger charge is 2.13. The Balaban J connectivity index is 1.60. The van der Waals surface area contributed by atoms with E-state index in [1.807, 2.05) is 0 Å². The van der Waals surface area contributed by atoms with Crippen LogP contribution < -0.4 is 5.32 Å². The second-order valence-corrected chi connectivity index (χ2v) is 5.29. The summed E-state index contributed by atoms with van der Waals surface area (Å²) in [6.07, 6.45) is 5.48. The summed E-state index contributed by atoms with van der Waals surface area (Å²) in [5, 5.41) is 3.55. The van der Waals surface area contributed by atoms with Gasteiger partial charge in [-0.15, -0.1) is 0 Å². The number of benzene rings is 1. The van der Waals surface area contributed by atoms with Gasteiger partial charge in [0.15, 0.2) is 0 Å². The van der Waals surface area contributed by atoms with Crippen LogP contribution in [0.3, 0.4) is 0 Å². The molecule has 1 N–H and O–H groups in total. The summed E-state index contributed by atoms with van der Waals surface area (Å²) < 4.78 is 5.73. The Morgan fingerprint density at radius 2 is 2.11 bits per heavy atom. The highest BCUT2D eigenvalue weighted by Crippen LogP contribution is 2.16. The predicted octanol–water partition coefficient (Wildman–Crippen LogP) is 3.34. The standard InChI is InChI=1S/C16H25NO/c1-14(15-7-3-2-4-8-15)13-17-11-10-16-9-5-6-12-18-16/h2-4,7-8,14,16-17H,5-6,9-13H2,1H3. The minimum atomic E-state index is 0.498. The number of hydrogen-bond acceptors (Lipinski definition) is 2. The van der Waals surface area contributed by atoms with Crippen LogP contribution in [-0.4, -0.2) is 25.8 Å². The third-order valence-corrected chi connectivity index (χ3v) is 3.74. The molecule has 18 heavy (non-hydrogen) atoms. The van der Waals surface area contributed by atoms with Crippen LogP contribution in [-0.2, 0) is 4.74 Å². The largest absolute Gasteiger partial charge is 0.378 e. The van der Waals surface area contributed by atoms with Crippen LogP contribution in [0.25, 0.3) is 0 Å². The van der Waals surface area contributed by atoms with E-state index in [-0.39, 0.29) is 0 Å². The summed E-state index contributed by atoms with van der Waals surface area (Å²) in [6, 6.07) is 10.7. The molecule has 0 amide bonds. The number of hydrogen-bond donors (Lipinski definition) is 1. The molecule has 2 unspecified atom stereocenters. The maximum absolute atomic E-state index is 5.73. The zero-order chi connectivity index (χ0) is 12.6. The third-order valence-electron chi connectivity index (χ3n) is 3.74. The minimum Gasteiger partial charge on any atom is -0.378 e. The van der Waals surface area contributed by atoms with Crippen molar-refractivity contribution in [2.24, 2.45) is 0 Å². The van der Waals surface area contributed by atoms with Crippen molar-refractivity contribution in [3.05, 3.63) is 35.9 Å². The van der Waals surface area contributed by atoms with Crippen molar-refractivity contribution < 1.29 is 4.74 Å². The summed E-state index contributed by atoms with van der Waals surface area (Å²) >= 11 is 0. The van der Waals surface area contributed by atoms with Gasteiger partial charge in [-0.25, -0.2) is 0 Å². The Kier molecular flexibility index (Phi) is 5.69. The van der Waals surface area contributed by atoms with Crippen LogP contribution in [0, 0.1) is 0 Å². The van der Waals surface area contributed by atoms with Gasteiger partial charge < -0.3 is 10.1 Å². The Morgan fingerprint density at radius 1 is 1.28 bits per heavy atom. The molecule has 0 aliphatic carbocycles. The van der Waals surface area contributed by atoms with E-state index in [1.165, 1.54) is 24.8 Å². The summed E-state index contributed by atoms with van der Waals surface area (Å²) in [7, 11) is 0. The van der Waals surface area contributed by atoms with E-state index in [2.05, 4.69) is 42.6 Å². The van der Waals surface area contributed by atoms with E-state index < -0.39 is 0 Å². The van der Waals surface area contributed by atoms with Crippen molar-refractivity contribution in [1.82, 2.24) is 5.32 Å².